The van der Waals surface area contributed by atoms with Gasteiger partial charge in [-0.15, -0.1) is 0 Å². The number of esters is 1. The molecule has 0 aromatic carbocycles. The molecule has 180 valence electrons. The molecule has 0 saturated carbocycles. The minimum absolute atomic E-state index is 0.119. The van der Waals surface area contributed by atoms with Gasteiger partial charge in [-0.25, -0.2) is 0 Å². The number of ether oxygens (including phenoxy) is 3. The van der Waals surface area contributed by atoms with Crippen molar-refractivity contribution in [3.05, 3.63) is 36.5 Å². The molecule has 0 heterocycles. The van der Waals surface area contributed by atoms with Gasteiger partial charge in [-0.3, -0.25) is 4.79 Å². The molecule has 0 radical (unpaired) electrons. The van der Waals surface area contributed by atoms with Gasteiger partial charge in [-0.05, 0) is 52.6 Å². The van der Waals surface area contributed by atoms with Crippen molar-refractivity contribution in [2.24, 2.45) is 0 Å². The lowest BCUT2D eigenvalue weighted by Gasteiger charge is -2.10. The van der Waals surface area contributed by atoms with Crippen LogP contribution in [-0.4, -0.2) is 64.5 Å². The van der Waals surface area contributed by atoms with E-state index in [1.165, 1.54) is 19.3 Å². The maximum atomic E-state index is 11.7. The Labute approximate surface area is 191 Å². The second-order valence-electron chi connectivity index (χ2n) is 7.85. The summed E-state index contributed by atoms with van der Waals surface area (Å²) in [7, 11) is 4.03. The van der Waals surface area contributed by atoms with Crippen LogP contribution >= 0.6 is 0 Å². The minimum Gasteiger partial charge on any atom is -0.463 e. The van der Waals surface area contributed by atoms with E-state index in [1.54, 1.807) is 0 Å². The van der Waals surface area contributed by atoms with E-state index in [1.807, 2.05) is 14.1 Å². The van der Waals surface area contributed by atoms with Gasteiger partial charge in [0.25, 0.3) is 0 Å². The highest BCUT2D eigenvalue weighted by molar-refractivity contribution is 5.69. The van der Waals surface area contributed by atoms with E-state index >= 15 is 0 Å². The van der Waals surface area contributed by atoms with Crippen molar-refractivity contribution < 1.29 is 19.0 Å². The third kappa shape index (κ3) is 26.5. The molecule has 0 aromatic rings. The number of carbonyl (C=O) groups is 1. The molecule has 0 unspecified atom stereocenters. The van der Waals surface area contributed by atoms with Crippen molar-refractivity contribution in [2.75, 3.05) is 53.7 Å². The highest BCUT2D eigenvalue weighted by Gasteiger charge is 2.02. The van der Waals surface area contributed by atoms with E-state index in [0.29, 0.717) is 39.5 Å². The summed E-state index contributed by atoms with van der Waals surface area (Å²) < 4.78 is 16.0. The molecule has 0 rings (SSSR count). The second-order valence-corrected chi connectivity index (χ2v) is 7.85. The van der Waals surface area contributed by atoms with Crippen molar-refractivity contribution in [2.45, 2.75) is 71.1 Å². The molecule has 0 fully saturated rings. The van der Waals surface area contributed by atoms with Gasteiger partial charge < -0.3 is 19.1 Å². The van der Waals surface area contributed by atoms with Gasteiger partial charge >= 0.3 is 5.97 Å². The molecule has 0 aliphatic heterocycles. The van der Waals surface area contributed by atoms with Crippen molar-refractivity contribution in [1.29, 1.82) is 0 Å². The van der Waals surface area contributed by atoms with Crippen LogP contribution in [0.5, 0.6) is 0 Å². The van der Waals surface area contributed by atoms with Gasteiger partial charge in [0.1, 0.15) is 6.61 Å². The Bertz CT molecular complexity index is 472. The fraction of sp³-hybridized carbons (Fsp3) is 0.731. The predicted octanol–water partition coefficient (Wildman–Crippen LogP) is 5.71. The molecule has 0 aromatic heterocycles. The number of nitrogens with zero attached hydrogens (tertiary/aromatic N) is 1. The van der Waals surface area contributed by atoms with Crippen LogP contribution in [0.25, 0.3) is 0 Å². The Balaban J connectivity index is 3.29. The van der Waals surface area contributed by atoms with Crippen molar-refractivity contribution >= 4 is 5.97 Å². The third-order valence-corrected chi connectivity index (χ3v) is 4.58. The van der Waals surface area contributed by atoms with Gasteiger partial charge in [0.05, 0.1) is 26.4 Å². The maximum Gasteiger partial charge on any atom is 0.305 e. The van der Waals surface area contributed by atoms with E-state index < -0.39 is 0 Å². The Morgan fingerprint density at radius 3 is 2.00 bits per heavy atom. The summed E-state index contributed by atoms with van der Waals surface area (Å²) in [6, 6.07) is 0. The first-order valence-electron chi connectivity index (χ1n) is 12.1. The van der Waals surface area contributed by atoms with Crippen LogP contribution < -0.4 is 0 Å². The van der Waals surface area contributed by atoms with Gasteiger partial charge in [0.2, 0.25) is 0 Å². The topological polar surface area (TPSA) is 48.0 Å². The summed E-state index contributed by atoms with van der Waals surface area (Å²) >= 11 is 0. The zero-order chi connectivity index (χ0) is 22.8. The zero-order valence-corrected chi connectivity index (χ0v) is 20.4. The molecule has 5 heteroatoms. The number of likely N-dealkylation sites (N-methyl/N-ethyl adjacent to an activating group) is 1. The van der Waals surface area contributed by atoms with Crippen LogP contribution in [0.2, 0.25) is 0 Å². The molecular formula is C26H47NO4. The monoisotopic (exact) mass is 437 g/mol. The minimum atomic E-state index is -0.119. The molecule has 0 aliphatic rings. The van der Waals surface area contributed by atoms with Crippen molar-refractivity contribution in [3.8, 4) is 0 Å². The quantitative estimate of drug-likeness (QED) is 0.123. The average Bonchev–Trinajstić information content (AvgIpc) is 2.75. The second kappa shape index (κ2) is 24.8. The fourth-order valence-electron chi connectivity index (χ4n) is 2.74. The van der Waals surface area contributed by atoms with Gasteiger partial charge in [-0.1, -0.05) is 62.6 Å². The largest absolute Gasteiger partial charge is 0.463 e. The highest BCUT2D eigenvalue weighted by Crippen LogP contribution is 2.08. The zero-order valence-electron chi connectivity index (χ0n) is 20.4. The van der Waals surface area contributed by atoms with Gasteiger partial charge in [0.15, 0.2) is 0 Å². The summed E-state index contributed by atoms with van der Waals surface area (Å²) in [6.45, 7) is 5.64. The van der Waals surface area contributed by atoms with E-state index in [2.05, 4.69) is 48.3 Å². The van der Waals surface area contributed by atoms with E-state index in [0.717, 1.165) is 45.1 Å². The molecular weight excluding hydrogens is 390 g/mol. The van der Waals surface area contributed by atoms with Crippen LogP contribution in [0.4, 0.5) is 0 Å². The Morgan fingerprint density at radius 1 is 0.710 bits per heavy atom. The molecule has 31 heavy (non-hydrogen) atoms. The summed E-state index contributed by atoms with van der Waals surface area (Å²) in [6.07, 6.45) is 23.8. The lowest BCUT2D eigenvalue weighted by atomic mass is 10.1. The maximum absolute atomic E-state index is 11.7. The lowest BCUT2D eigenvalue weighted by molar-refractivity contribution is -0.145. The number of unbranched alkanes of at least 4 members (excludes halogenated alkanes) is 5. The normalized spacial score (nSPS) is 12.1. The Morgan fingerprint density at radius 2 is 1.29 bits per heavy atom. The first kappa shape index (κ1) is 29.6. The molecule has 0 spiro atoms. The summed E-state index contributed by atoms with van der Waals surface area (Å²) in [5.74, 6) is -0.119. The van der Waals surface area contributed by atoms with Gasteiger partial charge in [0, 0.05) is 13.0 Å². The summed E-state index contributed by atoms with van der Waals surface area (Å²) in [5, 5.41) is 0. The fourth-order valence-corrected chi connectivity index (χ4v) is 2.74. The molecule has 5 nitrogen and oxygen atoms in total. The molecule has 0 bridgehead atoms. The summed E-state index contributed by atoms with van der Waals surface area (Å²) in [5.41, 5.74) is 0. The van der Waals surface area contributed by atoms with Crippen LogP contribution in [-0.2, 0) is 19.0 Å². The first-order valence-corrected chi connectivity index (χ1v) is 12.1. The number of allylic oxidation sites excluding steroid dienone is 6. The van der Waals surface area contributed by atoms with Gasteiger partial charge in [-0.2, -0.15) is 0 Å². The van der Waals surface area contributed by atoms with Crippen molar-refractivity contribution in [1.82, 2.24) is 4.90 Å². The molecule has 0 N–H and O–H groups in total. The summed E-state index contributed by atoms with van der Waals surface area (Å²) in [4.78, 5) is 13.8. The number of carbonyl (C=O) groups excluding carboxylic acids is 1. The average molecular weight is 438 g/mol. The van der Waals surface area contributed by atoms with Crippen LogP contribution in [0.15, 0.2) is 36.5 Å². The Kier molecular flexibility index (Phi) is 23.7. The molecule has 0 saturated heterocycles. The number of rotatable bonds is 22. The van der Waals surface area contributed by atoms with Crippen LogP contribution in [0.3, 0.4) is 0 Å². The third-order valence-electron chi connectivity index (χ3n) is 4.58. The molecule has 0 atom stereocenters. The molecule has 0 amide bonds. The standard InChI is InChI=1S/C26H47NO4/c1-4-5-6-7-8-9-10-11-12-13-14-15-16-17-18-19-26(28)31-25-24-30-23-22-29-21-20-27(2)3/h5-6,8-9,11-12H,4,7,10,13-25H2,1-3H3/b6-5-,9-8-,12-11-. The van der Waals surface area contributed by atoms with E-state index in [9.17, 15) is 4.79 Å². The van der Waals surface area contributed by atoms with E-state index in [-0.39, 0.29) is 5.97 Å². The smallest absolute Gasteiger partial charge is 0.305 e. The first-order chi connectivity index (χ1) is 15.2. The lowest BCUT2D eigenvalue weighted by Crippen LogP contribution is -2.19. The molecule has 0 aliphatic carbocycles. The predicted molar refractivity (Wildman–Crippen MR) is 130 cm³/mol. The Hall–Kier alpha value is -1.43. The van der Waals surface area contributed by atoms with Crippen molar-refractivity contribution in [3.63, 3.8) is 0 Å². The van der Waals surface area contributed by atoms with Crippen LogP contribution in [0.1, 0.15) is 71.1 Å². The number of hydrogen-bond donors (Lipinski definition) is 0. The van der Waals surface area contributed by atoms with Crippen LogP contribution in [0, 0.1) is 0 Å². The number of hydrogen-bond acceptors (Lipinski definition) is 5. The van der Waals surface area contributed by atoms with E-state index in [4.69, 9.17) is 14.2 Å². The highest BCUT2D eigenvalue weighted by atomic mass is 16.6. The SMILES string of the molecule is CC/C=C\C/C=C\C/C=C\CCCCCCCC(=O)OCCOCCOCCN(C)C.